The van der Waals surface area contributed by atoms with Crippen LogP contribution in [0, 0.1) is 5.92 Å². The normalized spacial score (nSPS) is 25.3. The fraction of sp³-hybridized carbons (Fsp3) is 1.00. The summed E-state index contributed by atoms with van der Waals surface area (Å²) in [6.45, 7) is 10.00. The van der Waals surface area contributed by atoms with Crippen LogP contribution in [-0.4, -0.2) is 38.5 Å². The SMILES string of the molecule is CCC(C)CC(CC)NCC1COCCO1. The highest BCUT2D eigenvalue weighted by Crippen LogP contribution is 2.12. The minimum Gasteiger partial charge on any atom is -0.376 e. The summed E-state index contributed by atoms with van der Waals surface area (Å²) in [5, 5.41) is 3.60. The summed E-state index contributed by atoms with van der Waals surface area (Å²) >= 11 is 0. The molecule has 1 heterocycles. The molecule has 3 heteroatoms. The van der Waals surface area contributed by atoms with Crippen molar-refractivity contribution in [3.05, 3.63) is 0 Å². The Hall–Kier alpha value is -0.120. The molecule has 0 aromatic heterocycles. The van der Waals surface area contributed by atoms with Crippen LogP contribution in [0.3, 0.4) is 0 Å². The topological polar surface area (TPSA) is 30.5 Å². The fourth-order valence-corrected chi connectivity index (χ4v) is 2.00. The Morgan fingerprint density at radius 3 is 2.62 bits per heavy atom. The molecule has 3 unspecified atom stereocenters. The zero-order chi connectivity index (χ0) is 11.8. The number of ether oxygens (including phenoxy) is 2. The predicted molar refractivity (Wildman–Crippen MR) is 66.7 cm³/mol. The van der Waals surface area contributed by atoms with E-state index in [0.717, 1.165) is 32.3 Å². The Balaban J connectivity index is 2.16. The van der Waals surface area contributed by atoms with Crippen LogP contribution in [0.25, 0.3) is 0 Å². The summed E-state index contributed by atoms with van der Waals surface area (Å²) in [5.41, 5.74) is 0. The van der Waals surface area contributed by atoms with Crippen LogP contribution < -0.4 is 5.32 Å². The molecule has 0 radical (unpaired) electrons. The van der Waals surface area contributed by atoms with E-state index in [4.69, 9.17) is 9.47 Å². The van der Waals surface area contributed by atoms with Gasteiger partial charge in [-0.2, -0.15) is 0 Å². The van der Waals surface area contributed by atoms with E-state index in [9.17, 15) is 0 Å². The van der Waals surface area contributed by atoms with Gasteiger partial charge in [0.2, 0.25) is 0 Å². The van der Waals surface area contributed by atoms with Crippen molar-refractivity contribution in [1.82, 2.24) is 5.32 Å². The number of hydrogen-bond donors (Lipinski definition) is 1. The Bertz CT molecular complexity index is 169. The second-order valence-electron chi connectivity index (χ2n) is 4.83. The first-order valence-corrected chi connectivity index (χ1v) is 6.69. The summed E-state index contributed by atoms with van der Waals surface area (Å²) in [7, 11) is 0. The maximum Gasteiger partial charge on any atom is 0.0933 e. The Morgan fingerprint density at radius 2 is 2.06 bits per heavy atom. The average Bonchev–Trinajstić information content (AvgIpc) is 2.35. The summed E-state index contributed by atoms with van der Waals surface area (Å²) in [6, 6.07) is 0.625. The molecule has 3 atom stereocenters. The van der Waals surface area contributed by atoms with E-state index in [1.165, 1.54) is 19.3 Å². The Kier molecular flexibility index (Phi) is 7.01. The van der Waals surface area contributed by atoms with E-state index >= 15 is 0 Å². The third kappa shape index (κ3) is 5.28. The summed E-state index contributed by atoms with van der Waals surface area (Å²) in [5.74, 6) is 0.806. The van der Waals surface area contributed by atoms with Crippen molar-refractivity contribution >= 4 is 0 Å². The van der Waals surface area contributed by atoms with Gasteiger partial charge in [-0.15, -0.1) is 0 Å². The van der Waals surface area contributed by atoms with E-state index in [0.29, 0.717) is 6.04 Å². The van der Waals surface area contributed by atoms with Gasteiger partial charge in [0.05, 0.1) is 25.9 Å². The Morgan fingerprint density at radius 1 is 1.25 bits per heavy atom. The zero-order valence-electron chi connectivity index (χ0n) is 11.0. The molecular weight excluding hydrogens is 202 g/mol. The predicted octanol–water partition coefficient (Wildman–Crippen LogP) is 2.21. The molecule has 0 bridgehead atoms. The van der Waals surface area contributed by atoms with Crippen molar-refractivity contribution < 1.29 is 9.47 Å². The highest BCUT2D eigenvalue weighted by molar-refractivity contribution is 4.72. The van der Waals surface area contributed by atoms with Crippen LogP contribution >= 0.6 is 0 Å². The van der Waals surface area contributed by atoms with E-state index in [2.05, 4.69) is 26.1 Å². The van der Waals surface area contributed by atoms with Crippen LogP contribution in [-0.2, 0) is 9.47 Å². The molecule has 0 amide bonds. The highest BCUT2D eigenvalue weighted by Gasteiger charge is 2.16. The van der Waals surface area contributed by atoms with Gasteiger partial charge in [0.1, 0.15) is 0 Å². The minimum absolute atomic E-state index is 0.250. The lowest BCUT2D eigenvalue weighted by molar-refractivity contribution is -0.0872. The molecule has 1 aliphatic rings. The van der Waals surface area contributed by atoms with E-state index < -0.39 is 0 Å². The third-order valence-corrected chi connectivity index (χ3v) is 3.40. The van der Waals surface area contributed by atoms with Crippen molar-refractivity contribution in [2.45, 2.75) is 52.2 Å². The molecule has 1 N–H and O–H groups in total. The monoisotopic (exact) mass is 229 g/mol. The first-order chi connectivity index (χ1) is 7.76. The molecule has 1 rings (SSSR count). The second-order valence-corrected chi connectivity index (χ2v) is 4.83. The molecular formula is C13H27NO2. The molecule has 0 aliphatic carbocycles. The van der Waals surface area contributed by atoms with Crippen molar-refractivity contribution in [2.75, 3.05) is 26.4 Å². The van der Waals surface area contributed by atoms with E-state index in [1.54, 1.807) is 0 Å². The fourth-order valence-electron chi connectivity index (χ4n) is 2.00. The number of nitrogens with one attached hydrogen (secondary N) is 1. The number of hydrogen-bond acceptors (Lipinski definition) is 3. The average molecular weight is 229 g/mol. The molecule has 3 nitrogen and oxygen atoms in total. The molecule has 0 aromatic carbocycles. The van der Waals surface area contributed by atoms with Gasteiger partial charge in [-0.25, -0.2) is 0 Å². The maximum atomic E-state index is 5.62. The molecule has 0 aromatic rings. The lowest BCUT2D eigenvalue weighted by atomic mass is 9.98. The lowest BCUT2D eigenvalue weighted by Gasteiger charge is -2.26. The summed E-state index contributed by atoms with van der Waals surface area (Å²) in [6.07, 6.45) is 3.97. The molecule has 0 spiro atoms. The van der Waals surface area contributed by atoms with Crippen LogP contribution in [0.4, 0.5) is 0 Å². The zero-order valence-corrected chi connectivity index (χ0v) is 11.0. The van der Waals surface area contributed by atoms with Crippen LogP contribution in [0.2, 0.25) is 0 Å². The van der Waals surface area contributed by atoms with E-state index in [1.807, 2.05) is 0 Å². The second kappa shape index (κ2) is 8.04. The first kappa shape index (κ1) is 13.9. The van der Waals surface area contributed by atoms with Crippen LogP contribution in [0.15, 0.2) is 0 Å². The lowest BCUT2D eigenvalue weighted by Crippen LogP contribution is -2.41. The minimum atomic E-state index is 0.250. The standard InChI is InChI=1S/C13H27NO2/c1-4-11(3)8-12(5-2)14-9-13-10-15-6-7-16-13/h11-14H,4-10H2,1-3H3. The largest absolute Gasteiger partial charge is 0.376 e. The molecule has 96 valence electrons. The van der Waals surface area contributed by atoms with Gasteiger partial charge in [-0.05, 0) is 18.8 Å². The van der Waals surface area contributed by atoms with Crippen molar-refractivity contribution in [3.8, 4) is 0 Å². The van der Waals surface area contributed by atoms with Gasteiger partial charge in [0, 0.05) is 12.6 Å². The summed E-state index contributed by atoms with van der Waals surface area (Å²) in [4.78, 5) is 0. The Labute approximate surface area is 99.9 Å². The third-order valence-electron chi connectivity index (χ3n) is 3.40. The van der Waals surface area contributed by atoms with Crippen LogP contribution in [0.1, 0.15) is 40.0 Å². The first-order valence-electron chi connectivity index (χ1n) is 6.69. The molecule has 0 saturated carbocycles. The quantitative estimate of drug-likeness (QED) is 0.726. The summed E-state index contributed by atoms with van der Waals surface area (Å²) < 4.78 is 11.0. The van der Waals surface area contributed by atoms with Crippen molar-refractivity contribution in [3.63, 3.8) is 0 Å². The van der Waals surface area contributed by atoms with Gasteiger partial charge in [-0.3, -0.25) is 0 Å². The van der Waals surface area contributed by atoms with Gasteiger partial charge >= 0.3 is 0 Å². The van der Waals surface area contributed by atoms with Gasteiger partial charge in [0.25, 0.3) is 0 Å². The van der Waals surface area contributed by atoms with Crippen molar-refractivity contribution in [1.29, 1.82) is 0 Å². The van der Waals surface area contributed by atoms with Crippen LogP contribution in [0.5, 0.6) is 0 Å². The maximum absolute atomic E-state index is 5.62. The molecule has 16 heavy (non-hydrogen) atoms. The molecule has 1 fully saturated rings. The van der Waals surface area contributed by atoms with Gasteiger partial charge in [-0.1, -0.05) is 27.2 Å². The van der Waals surface area contributed by atoms with E-state index in [-0.39, 0.29) is 6.10 Å². The molecule has 1 saturated heterocycles. The molecule has 1 aliphatic heterocycles. The highest BCUT2D eigenvalue weighted by atomic mass is 16.6. The van der Waals surface area contributed by atoms with Gasteiger partial charge in [0.15, 0.2) is 0 Å². The van der Waals surface area contributed by atoms with Crippen molar-refractivity contribution in [2.24, 2.45) is 5.92 Å². The number of rotatable bonds is 7. The van der Waals surface area contributed by atoms with Gasteiger partial charge < -0.3 is 14.8 Å². The smallest absolute Gasteiger partial charge is 0.0933 e.